The average molecular weight is 244 g/mol. The van der Waals surface area contributed by atoms with Crippen LogP contribution >= 0.6 is 12.4 Å². The van der Waals surface area contributed by atoms with Gasteiger partial charge in [0, 0.05) is 6.42 Å². The minimum atomic E-state index is -0.267. The van der Waals surface area contributed by atoms with Gasteiger partial charge in [0.2, 0.25) is 5.89 Å². The fourth-order valence-corrected chi connectivity index (χ4v) is 1.26. The van der Waals surface area contributed by atoms with Crippen molar-refractivity contribution in [1.82, 2.24) is 10.1 Å². The molecule has 0 fully saturated rings. The minimum Gasteiger partial charge on any atom is -0.338 e. The maximum atomic E-state index is 13.3. The first-order valence-electron chi connectivity index (χ1n) is 4.54. The first-order chi connectivity index (χ1) is 7.29. The van der Waals surface area contributed by atoms with Crippen molar-refractivity contribution in [3.05, 3.63) is 47.4 Å². The van der Waals surface area contributed by atoms with E-state index in [2.05, 4.69) is 10.1 Å². The van der Waals surface area contributed by atoms with E-state index < -0.39 is 0 Å². The standard InChI is InChI=1S/C10H10FN3O.ClH/c11-8-4-2-1-3-7(8)5-9-13-10(6-12)15-14-9;/h1-4H,5-6,12H2;1H. The zero-order valence-corrected chi connectivity index (χ0v) is 9.21. The summed E-state index contributed by atoms with van der Waals surface area (Å²) in [5, 5.41) is 3.69. The van der Waals surface area contributed by atoms with Crippen LogP contribution in [0, 0.1) is 5.82 Å². The zero-order chi connectivity index (χ0) is 10.7. The van der Waals surface area contributed by atoms with Crippen LogP contribution in [0.1, 0.15) is 17.3 Å². The van der Waals surface area contributed by atoms with Crippen molar-refractivity contribution >= 4 is 12.4 Å². The van der Waals surface area contributed by atoms with E-state index in [1.165, 1.54) is 6.07 Å². The van der Waals surface area contributed by atoms with E-state index in [1.54, 1.807) is 18.2 Å². The quantitative estimate of drug-likeness (QED) is 0.891. The Balaban J connectivity index is 0.00000128. The van der Waals surface area contributed by atoms with Gasteiger partial charge in [-0.3, -0.25) is 0 Å². The van der Waals surface area contributed by atoms with Crippen LogP contribution in [-0.4, -0.2) is 10.1 Å². The Morgan fingerprint density at radius 3 is 2.69 bits per heavy atom. The van der Waals surface area contributed by atoms with E-state index in [4.69, 9.17) is 10.3 Å². The predicted octanol–water partition coefficient (Wildman–Crippen LogP) is 1.68. The van der Waals surface area contributed by atoms with Gasteiger partial charge in [0.1, 0.15) is 5.82 Å². The second kappa shape index (κ2) is 5.58. The molecule has 2 rings (SSSR count). The van der Waals surface area contributed by atoms with Crippen molar-refractivity contribution in [2.45, 2.75) is 13.0 Å². The topological polar surface area (TPSA) is 64.9 Å². The summed E-state index contributed by atoms with van der Waals surface area (Å²) in [6.45, 7) is 0.199. The number of nitrogens with zero attached hydrogens (tertiary/aromatic N) is 2. The second-order valence-electron chi connectivity index (χ2n) is 3.08. The minimum absolute atomic E-state index is 0. The molecule has 0 saturated heterocycles. The molecule has 0 bridgehead atoms. The van der Waals surface area contributed by atoms with Gasteiger partial charge in [-0.05, 0) is 11.6 Å². The van der Waals surface area contributed by atoms with Gasteiger partial charge in [0.05, 0.1) is 6.54 Å². The maximum absolute atomic E-state index is 13.3. The number of hydrogen-bond acceptors (Lipinski definition) is 4. The highest BCUT2D eigenvalue weighted by molar-refractivity contribution is 5.85. The summed E-state index contributed by atoms with van der Waals surface area (Å²) < 4.78 is 18.1. The Hall–Kier alpha value is -1.46. The lowest BCUT2D eigenvalue weighted by Crippen LogP contribution is -1.97. The first-order valence-corrected chi connectivity index (χ1v) is 4.54. The van der Waals surface area contributed by atoms with Gasteiger partial charge in [-0.1, -0.05) is 23.4 Å². The molecular formula is C10H11ClFN3O. The summed E-state index contributed by atoms with van der Waals surface area (Å²) in [4.78, 5) is 4.00. The van der Waals surface area contributed by atoms with Crippen molar-refractivity contribution in [1.29, 1.82) is 0 Å². The van der Waals surface area contributed by atoms with Gasteiger partial charge in [-0.2, -0.15) is 4.98 Å². The normalized spacial score (nSPS) is 9.88. The molecule has 0 saturated carbocycles. The predicted molar refractivity (Wildman–Crippen MR) is 58.6 cm³/mol. The lowest BCUT2D eigenvalue weighted by molar-refractivity contribution is 0.375. The van der Waals surface area contributed by atoms with Gasteiger partial charge in [-0.15, -0.1) is 12.4 Å². The molecule has 2 N–H and O–H groups in total. The summed E-state index contributed by atoms with van der Waals surface area (Å²) in [5.74, 6) is 0.540. The van der Waals surface area contributed by atoms with E-state index in [-0.39, 0.29) is 24.8 Å². The Morgan fingerprint density at radius 2 is 2.06 bits per heavy atom. The number of hydrogen-bond donors (Lipinski definition) is 1. The highest BCUT2D eigenvalue weighted by Gasteiger charge is 2.08. The van der Waals surface area contributed by atoms with Crippen molar-refractivity contribution in [3.8, 4) is 0 Å². The van der Waals surface area contributed by atoms with Crippen LogP contribution in [0.15, 0.2) is 28.8 Å². The third-order valence-corrected chi connectivity index (χ3v) is 1.99. The summed E-state index contributed by atoms with van der Waals surface area (Å²) in [5.41, 5.74) is 5.86. The molecule has 0 aliphatic heterocycles. The molecule has 16 heavy (non-hydrogen) atoms. The number of rotatable bonds is 3. The molecule has 0 atom stereocenters. The molecule has 0 amide bonds. The van der Waals surface area contributed by atoms with Gasteiger partial charge in [0.25, 0.3) is 0 Å². The highest BCUT2D eigenvalue weighted by Crippen LogP contribution is 2.10. The summed E-state index contributed by atoms with van der Waals surface area (Å²) in [6.07, 6.45) is 0.316. The number of aromatic nitrogens is 2. The first kappa shape index (κ1) is 12.6. The average Bonchev–Trinajstić information content (AvgIpc) is 2.69. The van der Waals surface area contributed by atoms with Gasteiger partial charge < -0.3 is 10.3 Å². The van der Waals surface area contributed by atoms with Crippen molar-refractivity contribution in [2.24, 2.45) is 5.73 Å². The van der Waals surface area contributed by atoms with Crippen LogP contribution in [0.25, 0.3) is 0 Å². The third-order valence-electron chi connectivity index (χ3n) is 1.99. The monoisotopic (exact) mass is 243 g/mol. The van der Waals surface area contributed by atoms with E-state index >= 15 is 0 Å². The van der Waals surface area contributed by atoms with E-state index in [0.717, 1.165) is 0 Å². The van der Waals surface area contributed by atoms with Crippen LogP contribution in [0.2, 0.25) is 0 Å². The Bertz CT molecular complexity index is 461. The number of benzene rings is 1. The molecule has 1 aromatic carbocycles. The molecular weight excluding hydrogens is 233 g/mol. The second-order valence-corrected chi connectivity index (χ2v) is 3.08. The zero-order valence-electron chi connectivity index (χ0n) is 8.39. The Labute approximate surface area is 98.1 Å². The molecule has 6 heteroatoms. The fraction of sp³-hybridized carbons (Fsp3) is 0.200. The van der Waals surface area contributed by atoms with Crippen LogP contribution in [0.3, 0.4) is 0 Å². The molecule has 0 aliphatic carbocycles. The molecule has 0 unspecified atom stereocenters. The maximum Gasteiger partial charge on any atom is 0.240 e. The summed E-state index contributed by atoms with van der Waals surface area (Å²) >= 11 is 0. The van der Waals surface area contributed by atoms with Crippen LogP contribution in [0.5, 0.6) is 0 Å². The van der Waals surface area contributed by atoms with Gasteiger partial charge in [-0.25, -0.2) is 4.39 Å². The van der Waals surface area contributed by atoms with Gasteiger partial charge >= 0.3 is 0 Å². The summed E-state index contributed by atoms with van der Waals surface area (Å²) in [6, 6.07) is 6.50. The van der Waals surface area contributed by atoms with Crippen molar-refractivity contribution < 1.29 is 8.91 Å². The van der Waals surface area contributed by atoms with Crippen LogP contribution in [0.4, 0.5) is 4.39 Å². The third kappa shape index (κ3) is 2.77. The SMILES string of the molecule is Cl.NCc1nc(Cc2ccccc2F)no1. The van der Waals surface area contributed by atoms with Crippen molar-refractivity contribution in [3.63, 3.8) is 0 Å². The van der Waals surface area contributed by atoms with Crippen LogP contribution in [-0.2, 0) is 13.0 Å². The molecule has 0 radical (unpaired) electrons. The summed E-state index contributed by atoms with van der Waals surface area (Å²) in [7, 11) is 0. The fourth-order valence-electron chi connectivity index (χ4n) is 1.26. The molecule has 4 nitrogen and oxygen atoms in total. The molecule has 1 aromatic heterocycles. The van der Waals surface area contributed by atoms with Crippen molar-refractivity contribution in [2.75, 3.05) is 0 Å². The molecule has 86 valence electrons. The van der Waals surface area contributed by atoms with E-state index in [0.29, 0.717) is 23.7 Å². The molecule has 0 spiro atoms. The Morgan fingerprint density at radius 1 is 1.31 bits per heavy atom. The smallest absolute Gasteiger partial charge is 0.240 e. The van der Waals surface area contributed by atoms with E-state index in [9.17, 15) is 4.39 Å². The number of halogens is 2. The van der Waals surface area contributed by atoms with Crippen LogP contribution < -0.4 is 5.73 Å². The largest absolute Gasteiger partial charge is 0.338 e. The molecule has 0 aliphatic rings. The lowest BCUT2D eigenvalue weighted by atomic mass is 10.1. The molecule has 1 heterocycles. The highest BCUT2D eigenvalue weighted by atomic mass is 35.5. The van der Waals surface area contributed by atoms with Gasteiger partial charge in [0.15, 0.2) is 5.82 Å². The lowest BCUT2D eigenvalue weighted by Gasteiger charge is -1.97. The Kier molecular flexibility index (Phi) is 4.39. The number of nitrogens with two attached hydrogens (primary N) is 1. The van der Waals surface area contributed by atoms with E-state index in [1.807, 2.05) is 0 Å². The molecule has 2 aromatic rings.